The number of hydrogen-bond donors (Lipinski definition) is 1. The van der Waals surface area contributed by atoms with Gasteiger partial charge in [-0.1, -0.05) is 6.42 Å². The fraction of sp³-hybridized carbons (Fsp3) is 0.600. The molecule has 15 heavy (non-hydrogen) atoms. The summed E-state index contributed by atoms with van der Waals surface area (Å²) in [5.74, 6) is 2.15. The van der Waals surface area contributed by atoms with Crippen LogP contribution in [0.15, 0.2) is 17.0 Å². The lowest BCUT2D eigenvalue weighted by Gasteiger charge is -2.06. The zero-order chi connectivity index (χ0) is 10.9. The number of unbranched alkanes of at least 4 members (excludes halogenated alkanes) is 2. The standard InChI is InChI=1S/C10H16BrN3S/c1-15-6-4-2-3-5-13-10-9(11)7-12-8-14-10/h7-8H,2-6H2,1H3,(H,12,13,14). The maximum Gasteiger partial charge on any atom is 0.143 e. The molecular formula is C10H16BrN3S. The van der Waals surface area contributed by atoms with Gasteiger partial charge < -0.3 is 5.32 Å². The van der Waals surface area contributed by atoms with E-state index in [9.17, 15) is 0 Å². The van der Waals surface area contributed by atoms with E-state index in [1.54, 1.807) is 12.5 Å². The van der Waals surface area contributed by atoms with Crippen molar-refractivity contribution in [1.29, 1.82) is 0 Å². The molecule has 0 bridgehead atoms. The summed E-state index contributed by atoms with van der Waals surface area (Å²) >= 11 is 5.31. The SMILES string of the molecule is CSCCCCCNc1ncncc1Br. The Bertz CT molecular complexity index is 283. The van der Waals surface area contributed by atoms with E-state index in [1.807, 2.05) is 11.8 Å². The number of nitrogens with zero attached hydrogens (tertiary/aromatic N) is 2. The molecular weight excluding hydrogens is 274 g/mol. The highest BCUT2D eigenvalue weighted by atomic mass is 79.9. The van der Waals surface area contributed by atoms with Crippen LogP contribution in [-0.4, -0.2) is 28.5 Å². The Balaban J connectivity index is 2.12. The molecule has 0 radical (unpaired) electrons. The van der Waals surface area contributed by atoms with Crippen LogP contribution < -0.4 is 5.32 Å². The average molecular weight is 290 g/mol. The summed E-state index contributed by atoms with van der Waals surface area (Å²) in [5, 5.41) is 3.29. The van der Waals surface area contributed by atoms with Crippen LogP contribution in [0.5, 0.6) is 0 Å². The van der Waals surface area contributed by atoms with E-state index < -0.39 is 0 Å². The molecule has 3 nitrogen and oxygen atoms in total. The summed E-state index contributed by atoms with van der Waals surface area (Å²) in [6, 6.07) is 0. The maximum atomic E-state index is 4.14. The lowest BCUT2D eigenvalue weighted by Crippen LogP contribution is -2.04. The molecule has 0 saturated heterocycles. The number of hydrogen-bond acceptors (Lipinski definition) is 4. The van der Waals surface area contributed by atoms with E-state index in [0.717, 1.165) is 16.8 Å². The second-order valence-corrected chi connectivity index (χ2v) is 5.04. The van der Waals surface area contributed by atoms with Gasteiger partial charge in [-0.2, -0.15) is 11.8 Å². The highest BCUT2D eigenvalue weighted by Crippen LogP contribution is 2.16. The first-order valence-corrected chi connectivity index (χ1v) is 7.21. The summed E-state index contributed by atoms with van der Waals surface area (Å²) in [6.07, 6.45) is 9.22. The number of halogens is 1. The molecule has 0 saturated carbocycles. The van der Waals surface area contributed by atoms with Crippen LogP contribution >= 0.6 is 27.7 Å². The molecule has 0 spiro atoms. The van der Waals surface area contributed by atoms with Crippen LogP contribution in [0.3, 0.4) is 0 Å². The van der Waals surface area contributed by atoms with E-state index in [-0.39, 0.29) is 0 Å². The molecule has 1 N–H and O–H groups in total. The van der Waals surface area contributed by atoms with Crippen LogP contribution in [0.1, 0.15) is 19.3 Å². The second-order valence-electron chi connectivity index (χ2n) is 3.20. The quantitative estimate of drug-likeness (QED) is 0.783. The van der Waals surface area contributed by atoms with Crippen LogP contribution in [0, 0.1) is 0 Å². The molecule has 0 amide bonds. The fourth-order valence-electron chi connectivity index (χ4n) is 1.20. The van der Waals surface area contributed by atoms with E-state index in [2.05, 4.69) is 37.5 Å². The third kappa shape index (κ3) is 5.37. The zero-order valence-electron chi connectivity index (χ0n) is 8.87. The number of aromatic nitrogens is 2. The normalized spacial score (nSPS) is 10.3. The summed E-state index contributed by atoms with van der Waals surface area (Å²) in [4.78, 5) is 8.05. The molecule has 0 unspecified atom stereocenters. The van der Waals surface area contributed by atoms with Crippen LogP contribution in [0.25, 0.3) is 0 Å². The van der Waals surface area contributed by atoms with Gasteiger partial charge in [-0.15, -0.1) is 0 Å². The van der Waals surface area contributed by atoms with E-state index in [4.69, 9.17) is 0 Å². The van der Waals surface area contributed by atoms with Gasteiger partial charge >= 0.3 is 0 Å². The average Bonchev–Trinajstić information content (AvgIpc) is 2.25. The molecule has 84 valence electrons. The smallest absolute Gasteiger partial charge is 0.143 e. The van der Waals surface area contributed by atoms with Gasteiger partial charge in [-0.3, -0.25) is 0 Å². The lowest BCUT2D eigenvalue weighted by molar-refractivity contribution is 0.747. The third-order valence-corrected chi connectivity index (χ3v) is 3.26. The second kappa shape index (κ2) is 7.93. The van der Waals surface area contributed by atoms with Crippen molar-refractivity contribution >= 4 is 33.5 Å². The minimum absolute atomic E-state index is 0.884. The van der Waals surface area contributed by atoms with Gasteiger partial charge in [0.25, 0.3) is 0 Å². The molecule has 1 heterocycles. The van der Waals surface area contributed by atoms with E-state index >= 15 is 0 Å². The number of anilines is 1. The molecule has 1 aromatic heterocycles. The molecule has 0 fully saturated rings. The molecule has 0 aliphatic heterocycles. The largest absolute Gasteiger partial charge is 0.369 e. The van der Waals surface area contributed by atoms with Crippen LogP contribution in [-0.2, 0) is 0 Å². The number of thioether (sulfide) groups is 1. The highest BCUT2D eigenvalue weighted by molar-refractivity contribution is 9.10. The van der Waals surface area contributed by atoms with Gasteiger partial charge in [0.15, 0.2) is 0 Å². The van der Waals surface area contributed by atoms with Gasteiger partial charge in [0.2, 0.25) is 0 Å². The molecule has 0 atom stereocenters. The van der Waals surface area contributed by atoms with Crippen molar-refractivity contribution in [3.05, 3.63) is 17.0 Å². The van der Waals surface area contributed by atoms with Gasteiger partial charge in [-0.25, -0.2) is 9.97 Å². The molecule has 0 aromatic carbocycles. The van der Waals surface area contributed by atoms with Gasteiger partial charge in [-0.05, 0) is 40.8 Å². The van der Waals surface area contributed by atoms with Crippen molar-refractivity contribution < 1.29 is 0 Å². The predicted molar refractivity (Wildman–Crippen MR) is 70.5 cm³/mol. The van der Waals surface area contributed by atoms with Gasteiger partial charge in [0.1, 0.15) is 12.1 Å². The Morgan fingerprint density at radius 1 is 1.40 bits per heavy atom. The Morgan fingerprint density at radius 3 is 3.00 bits per heavy atom. The first kappa shape index (κ1) is 12.8. The first-order chi connectivity index (χ1) is 7.34. The van der Waals surface area contributed by atoms with Gasteiger partial charge in [0.05, 0.1) is 4.47 Å². The summed E-state index contributed by atoms with van der Waals surface area (Å²) in [5.41, 5.74) is 0. The summed E-state index contributed by atoms with van der Waals surface area (Å²) in [6.45, 7) is 0.976. The number of nitrogens with one attached hydrogen (secondary N) is 1. The fourth-order valence-corrected chi connectivity index (χ4v) is 2.05. The summed E-state index contributed by atoms with van der Waals surface area (Å²) in [7, 11) is 0. The zero-order valence-corrected chi connectivity index (χ0v) is 11.3. The molecule has 0 aliphatic rings. The van der Waals surface area contributed by atoms with Crippen LogP contribution in [0.4, 0.5) is 5.82 Å². The van der Waals surface area contributed by atoms with Crippen molar-refractivity contribution in [2.24, 2.45) is 0 Å². The Hall–Kier alpha value is -0.290. The van der Waals surface area contributed by atoms with E-state index in [0.29, 0.717) is 0 Å². The monoisotopic (exact) mass is 289 g/mol. The van der Waals surface area contributed by atoms with Gasteiger partial charge in [0, 0.05) is 12.7 Å². The molecule has 0 aliphatic carbocycles. The lowest BCUT2D eigenvalue weighted by atomic mass is 10.2. The van der Waals surface area contributed by atoms with Crippen molar-refractivity contribution in [1.82, 2.24) is 9.97 Å². The Kier molecular flexibility index (Phi) is 6.76. The predicted octanol–water partition coefficient (Wildman–Crippen LogP) is 3.18. The molecule has 5 heteroatoms. The van der Waals surface area contributed by atoms with Crippen molar-refractivity contribution in [2.45, 2.75) is 19.3 Å². The Morgan fingerprint density at radius 2 is 2.27 bits per heavy atom. The minimum atomic E-state index is 0.884. The van der Waals surface area contributed by atoms with E-state index in [1.165, 1.54) is 25.0 Å². The Labute approximate surface area is 104 Å². The van der Waals surface area contributed by atoms with Crippen LogP contribution in [0.2, 0.25) is 0 Å². The topological polar surface area (TPSA) is 37.8 Å². The molecule has 1 rings (SSSR count). The van der Waals surface area contributed by atoms with Crippen molar-refractivity contribution in [2.75, 3.05) is 23.9 Å². The highest BCUT2D eigenvalue weighted by Gasteiger charge is 1.98. The minimum Gasteiger partial charge on any atom is -0.369 e. The number of rotatable bonds is 7. The van der Waals surface area contributed by atoms with Crippen molar-refractivity contribution in [3.8, 4) is 0 Å². The summed E-state index contributed by atoms with van der Waals surface area (Å²) < 4.78 is 0.925. The third-order valence-electron chi connectivity index (χ3n) is 1.99. The molecule has 1 aromatic rings. The maximum absolute atomic E-state index is 4.14. The van der Waals surface area contributed by atoms with Crippen molar-refractivity contribution in [3.63, 3.8) is 0 Å². The first-order valence-electron chi connectivity index (χ1n) is 5.03.